The molecule has 0 aliphatic carbocycles. The Hall–Kier alpha value is -1.64. The van der Waals surface area contributed by atoms with E-state index in [2.05, 4.69) is 0 Å². The van der Waals surface area contributed by atoms with Crippen LogP contribution in [0, 0.1) is 13.8 Å². The molecule has 0 spiro atoms. The molecule has 1 aromatic carbocycles. The van der Waals surface area contributed by atoms with Gasteiger partial charge in [-0.1, -0.05) is 6.07 Å². The molecule has 1 rings (SSSR count). The Morgan fingerprint density at radius 3 is 2.27 bits per heavy atom. The summed E-state index contributed by atoms with van der Waals surface area (Å²) in [5.74, 6) is -0.907. The standard InChI is InChI=1S/C12H14O3/c1-7-4-8(2)11(12(14)15)6-10(7)5-9(3)13/h4,6H,5H2,1-3H3,(H,14,15). The molecule has 0 aliphatic heterocycles. The molecule has 0 aromatic heterocycles. The van der Waals surface area contributed by atoms with Crippen LogP contribution in [0.25, 0.3) is 0 Å². The number of carbonyl (C=O) groups is 2. The summed E-state index contributed by atoms with van der Waals surface area (Å²) in [5.41, 5.74) is 2.77. The van der Waals surface area contributed by atoms with Crippen LogP contribution in [0.3, 0.4) is 0 Å². The van der Waals surface area contributed by atoms with E-state index in [1.54, 1.807) is 13.0 Å². The van der Waals surface area contributed by atoms with E-state index in [1.165, 1.54) is 6.92 Å². The summed E-state index contributed by atoms with van der Waals surface area (Å²) in [6.45, 7) is 5.14. The van der Waals surface area contributed by atoms with Crippen molar-refractivity contribution in [3.05, 3.63) is 34.4 Å². The van der Waals surface area contributed by atoms with Crippen molar-refractivity contribution in [3.63, 3.8) is 0 Å². The first-order valence-corrected chi connectivity index (χ1v) is 4.74. The largest absolute Gasteiger partial charge is 0.478 e. The molecule has 0 radical (unpaired) electrons. The molecule has 0 saturated heterocycles. The predicted octanol–water partition coefficient (Wildman–Crippen LogP) is 2.13. The molecule has 15 heavy (non-hydrogen) atoms. The van der Waals surface area contributed by atoms with Crippen LogP contribution >= 0.6 is 0 Å². The number of carboxylic acids is 1. The molecule has 0 bridgehead atoms. The van der Waals surface area contributed by atoms with Crippen molar-refractivity contribution in [1.29, 1.82) is 0 Å². The lowest BCUT2D eigenvalue weighted by atomic mass is 9.97. The maximum atomic E-state index is 11.0. The fraction of sp³-hybridized carbons (Fsp3) is 0.333. The Bertz CT molecular complexity index is 419. The summed E-state index contributed by atoms with van der Waals surface area (Å²) in [7, 11) is 0. The quantitative estimate of drug-likeness (QED) is 0.824. The summed E-state index contributed by atoms with van der Waals surface area (Å²) in [6, 6.07) is 3.40. The molecule has 0 heterocycles. The van der Waals surface area contributed by atoms with Crippen LogP contribution in [0.1, 0.15) is 34.0 Å². The normalized spacial score (nSPS) is 10.1. The van der Waals surface area contributed by atoms with Gasteiger partial charge in [0.2, 0.25) is 0 Å². The lowest BCUT2D eigenvalue weighted by molar-refractivity contribution is -0.116. The van der Waals surface area contributed by atoms with E-state index < -0.39 is 5.97 Å². The maximum Gasteiger partial charge on any atom is 0.335 e. The Balaban J connectivity index is 3.23. The molecule has 3 nitrogen and oxygen atoms in total. The average Bonchev–Trinajstić information content (AvgIpc) is 2.08. The molecular weight excluding hydrogens is 192 g/mol. The van der Waals surface area contributed by atoms with Gasteiger partial charge in [0.25, 0.3) is 0 Å². The highest BCUT2D eigenvalue weighted by molar-refractivity contribution is 5.90. The van der Waals surface area contributed by atoms with Crippen LogP contribution in [-0.2, 0) is 11.2 Å². The Kier molecular flexibility index (Phi) is 3.24. The fourth-order valence-electron chi connectivity index (χ4n) is 1.59. The van der Waals surface area contributed by atoms with Gasteiger partial charge in [0, 0.05) is 6.42 Å². The van der Waals surface area contributed by atoms with Crippen molar-refractivity contribution in [2.45, 2.75) is 27.2 Å². The van der Waals surface area contributed by atoms with Crippen molar-refractivity contribution in [3.8, 4) is 0 Å². The highest BCUT2D eigenvalue weighted by Crippen LogP contribution is 2.17. The third kappa shape index (κ3) is 2.65. The third-order valence-electron chi connectivity index (χ3n) is 2.35. The molecule has 0 saturated carbocycles. The van der Waals surface area contributed by atoms with Crippen LogP contribution in [0.5, 0.6) is 0 Å². The van der Waals surface area contributed by atoms with Crippen molar-refractivity contribution in [1.82, 2.24) is 0 Å². The minimum Gasteiger partial charge on any atom is -0.478 e. The third-order valence-corrected chi connectivity index (χ3v) is 2.35. The van der Waals surface area contributed by atoms with Crippen LogP contribution in [0.4, 0.5) is 0 Å². The summed E-state index contributed by atoms with van der Waals surface area (Å²) in [6.07, 6.45) is 0.298. The molecule has 0 aliphatic rings. The zero-order valence-corrected chi connectivity index (χ0v) is 9.13. The predicted molar refractivity (Wildman–Crippen MR) is 57.3 cm³/mol. The first-order chi connectivity index (χ1) is 6.91. The SMILES string of the molecule is CC(=O)Cc1cc(C(=O)O)c(C)cc1C. The van der Waals surface area contributed by atoms with Gasteiger partial charge in [-0.05, 0) is 43.5 Å². The van der Waals surface area contributed by atoms with Gasteiger partial charge in [0.1, 0.15) is 5.78 Å². The number of aryl methyl sites for hydroxylation is 2. The summed E-state index contributed by atoms with van der Waals surface area (Å²) < 4.78 is 0. The Morgan fingerprint density at radius 2 is 1.80 bits per heavy atom. The maximum absolute atomic E-state index is 11.0. The van der Waals surface area contributed by atoms with E-state index >= 15 is 0 Å². The molecule has 1 N–H and O–H groups in total. The summed E-state index contributed by atoms with van der Waals surface area (Å²) in [4.78, 5) is 21.9. The molecule has 0 unspecified atom stereocenters. The minimum atomic E-state index is -0.947. The highest BCUT2D eigenvalue weighted by Gasteiger charge is 2.11. The van der Waals surface area contributed by atoms with Crippen molar-refractivity contribution < 1.29 is 14.7 Å². The van der Waals surface area contributed by atoms with Crippen LogP contribution in [0.15, 0.2) is 12.1 Å². The number of hydrogen-bond acceptors (Lipinski definition) is 2. The number of aromatic carboxylic acids is 1. The van der Waals surface area contributed by atoms with E-state index in [-0.39, 0.29) is 11.3 Å². The topological polar surface area (TPSA) is 54.4 Å². The molecule has 3 heteroatoms. The molecule has 0 fully saturated rings. The molecule has 1 aromatic rings. The second kappa shape index (κ2) is 4.26. The number of carbonyl (C=O) groups excluding carboxylic acids is 1. The van der Waals surface area contributed by atoms with E-state index in [0.29, 0.717) is 6.42 Å². The Labute approximate surface area is 88.7 Å². The van der Waals surface area contributed by atoms with Crippen molar-refractivity contribution >= 4 is 11.8 Å². The molecule has 0 amide bonds. The van der Waals surface area contributed by atoms with Gasteiger partial charge in [-0.15, -0.1) is 0 Å². The monoisotopic (exact) mass is 206 g/mol. The Morgan fingerprint density at radius 1 is 1.20 bits per heavy atom. The zero-order valence-electron chi connectivity index (χ0n) is 9.13. The van der Waals surface area contributed by atoms with E-state index in [4.69, 9.17) is 5.11 Å². The molecule has 0 atom stereocenters. The number of ketones is 1. The van der Waals surface area contributed by atoms with Gasteiger partial charge in [0.05, 0.1) is 5.56 Å². The van der Waals surface area contributed by atoms with Crippen molar-refractivity contribution in [2.75, 3.05) is 0 Å². The van der Waals surface area contributed by atoms with Gasteiger partial charge < -0.3 is 5.11 Å². The number of benzene rings is 1. The van der Waals surface area contributed by atoms with Gasteiger partial charge in [-0.25, -0.2) is 4.79 Å². The lowest BCUT2D eigenvalue weighted by Gasteiger charge is -2.08. The van der Waals surface area contributed by atoms with E-state index in [1.807, 2.05) is 13.0 Å². The number of hydrogen-bond donors (Lipinski definition) is 1. The number of carboxylic acid groups (broad SMARTS) is 1. The smallest absolute Gasteiger partial charge is 0.335 e. The second-order valence-electron chi connectivity index (χ2n) is 3.78. The lowest BCUT2D eigenvalue weighted by Crippen LogP contribution is -2.05. The van der Waals surface area contributed by atoms with Crippen LogP contribution in [-0.4, -0.2) is 16.9 Å². The molecule has 80 valence electrons. The van der Waals surface area contributed by atoms with Gasteiger partial charge in [-0.2, -0.15) is 0 Å². The first-order valence-electron chi connectivity index (χ1n) is 4.74. The summed E-state index contributed by atoms with van der Waals surface area (Å²) in [5, 5.41) is 8.93. The average molecular weight is 206 g/mol. The van der Waals surface area contributed by atoms with Crippen molar-refractivity contribution in [2.24, 2.45) is 0 Å². The number of rotatable bonds is 3. The first kappa shape index (κ1) is 11.4. The van der Waals surface area contributed by atoms with E-state index in [9.17, 15) is 9.59 Å². The number of Topliss-reactive ketones (excluding diaryl/α,β-unsaturated/α-hetero) is 1. The van der Waals surface area contributed by atoms with Crippen LogP contribution in [0.2, 0.25) is 0 Å². The van der Waals surface area contributed by atoms with Gasteiger partial charge in [0.15, 0.2) is 0 Å². The molecular formula is C12H14O3. The highest BCUT2D eigenvalue weighted by atomic mass is 16.4. The minimum absolute atomic E-state index is 0.0401. The zero-order chi connectivity index (χ0) is 11.6. The summed E-state index contributed by atoms with van der Waals surface area (Å²) >= 11 is 0. The fourth-order valence-corrected chi connectivity index (χ4v) is 1.59. The van der Waals surface area contributed by atoms with Gasteiger partial charge >= 0.3 is 5.97 Å². The van der Waals surface area contributed by atoms with Crippen LogP contribution < -0.4 is 0 Å². The van der Waals surface area contributed by atoms with E-state index in [0.717, 1.165) is 16.7 Å². The second-order valence-corrected chi connectivity index (χ2v) is 3.78. The van der Waals surface area contributed by atoms with Gasteiger partial charge in [-0.3, -0.25) is 4.79 Å².